The van der Waals surface area contributed by atoms with Crippen molar-refractivity contribution in [3.8, 4) is 0 Å². The molecule has 0 radical (unpaired) electrons. The number of hydrogen-bond donors (Lipinski definition) is 0. The van der Waals surface area contributed by atoms with Crippen LogP contribution in [-0.2, 0) is 9.53 Å². The third kappa shape index (κ3) is 6.62. The van der Waals surface area contributed by atoms with Gasteiger partial charge in [-0.05, 0) is 62.2 Å². The monoisotopic (exact) mass is 370 g/mol. The Bertz CT molecular complexity index is 889. The highest BCUT2D eigenvalue weighted by molar-refractivity contribution is 6.06. The largest absolute Gasteiger partial charge is 0.457 e. The Morgan fingerprint density at radius 1 is 0.852 bits per heavy atom. The minimum Gasteiger partial charge on any atom is -0.457 e. The molecule has 2 aromatic rings. The van der Waals surface area contributed by atoms with Crippen LogP contribution in [0.25, 0.3) is 12.2 Å². The SMILES string of the molecule is CC(C)(C)OC(=O)/C=C/c1ccc(/C=C/C(=O)c2ccc(F)c(F)c2)cc1. The van der Waals surface area contributed by atoms with E-state index in [-0.39, 0.29) is 5.56 Å². The van der Waals surface area contributed by atoms with Crippen molar-refractivity contribution in [2.75, 3.05) is 0 Å². The molecule has 0 N–H and O–H groups in total. The van der Waals surface area contributed by atoms with Crippen LogP contribution in [0.1, 0.15) is 42.3 Å². The predicted molar refractivity (Wildman–Crippen MR) is 101 cm³/mol. The molecule has 0 atom stereocenters. The number of benzene rings is 2. The molecule has 27 heavy (non-hydrogen) atoms. The highest BCUT2D eigenvalue weighted by Crippen LogP contribution is 2.13. The molecular weight excluding hydrogens is 350 g/mol. The quantitative estimate of drug-likeness (QED) is 0.412. The van der Waals surface area contributed by atoms with E-state index < -0.39 is 29.0 Å². The second-order valence-electron chi connectivity index (χ2n) is 6.86. The number of ketones is 1. The van der Waals surface area contributed by atoms with Crippen LogP contribution in [0.4, 0.5) is 8.78 Å². The molecule has 0 bridgehead atoms. The van der Waals surface area contributed by atoms with Crippen LogP contribution in [-0.4, -0.2) is 17.4 Å². The van der Waals surface area contributed by atoms with E-state index in [2.05, 4.69) is 0 Å². The average molecular weight is 370 g/mol. The van der Waals surface area contributed by atoms with E-state index in [4.69, 9.17) is 4.74 Å². The molecule has 0 amide bonds. The maximum Gasteiger partial charge on any atom is 0.331 e. The summed E-state index contributed by atoms with van der Waals surface area (Å²) in [7, 11) is 0. The summed E-state index contributed by atoms with van der Waals surface area (Å²) in [4.78, 5) is 23.6. The lowest BCUT2D eigenvalue weighted by Gasteiger charge is -2.17. The Morgan fingerprint density at radius 3 is 1.93 bits per heavy atom. The zero-order valence-electron chi connectivity index (χ0n) is 15.3. The molecule has 0 aliphatic carbocycles. The van der Waals surface area contributed by atoms with Gasteiger partial charge in [-0.2, -0.15) is 0 Å². The third-order valence-electron chi connectivity index (χ3n) is 3.39. The van der Waals surface area contributed by atoms with E-state index in [9.17, 15) is 18.4 Å². The summed E-state index contributed by atoms with van der Waals surface area (Å²) in [6.07, 6.45) is 5.85. The molecule has 0 unspecified atom stereocenters. The average Bonchev–Trinajstić information content (AvgIpc) is 2.59. The van der Waals surface area contributed by atoms with Gasteiger partial charge in [-0.25, -0.2) is 13.6 Å². The number of ether oxygens (including phenoxy) is 1. The van der Waals surface area contributed by atoms with Gasteiger partial charge in [-0.15, -0.1) is 0 Å². The number of carbonyl (C=O) groups is 2. The van der Waals surface area contributed by atoms with Gasteiger partial charge in [0, 0.05) is 11.6 Å². The summed E-state index contributed by atoms with van der Waals surface area (Å²) in [6.45, 7) is 5.38. The molecule has 0 saturated heterocycles. The fourth-order valence-electron chi connectivity index (χ4n) is 2.14. The summed E-state index contributed by atoms with van der Waals surface area (Å²) in [5, 5.41) is 0. The lowest BCUT2D eigenvalue weighted by atomic mass is 10.1. The standard InChI is InChI=1S/C22H20F2O3/c1-22(2,3)27-21(26)13-9-16-6-4-15(5-7-16)8-12-20(25)17-10-11-18(23)19(24)14-17/h4-14H,1-3H3/b12-8+,13-9+. The van der Waals surface area contributed by atoms with Crippen LogP contribution < -0.4 is 0 Å². The Labute approximate surface area is 157 Å². The van der Waals surface area contributed by atoms with Crippen LogP contribution in [0.2, 0.25) is 0 Å². The minimum absolute atomic E-state index is 0.0714. The number of halogens is 2. The van der Waals surface area contributed by atoms with Gasteiger partial charge in [0.05, 0.1) is 0 Å². The predicted octanol–water partition coefficient (Wildman–Crippen LogP) is 5.22. The molecule has 0 saturated carbocycles. The second-order valence-corrected chi connectivity index (χ2v) is 6.86. The van der Waals surface area contributed by atoms with Gasteiger partial charge in [0.15, 0.2) is 17.4 Å². The zero-order chi connectivity index (χ0) is 20.0. The summed E-state index contributed by atoms with van der Waals surface area (Å²) < 4.78 is 31.3. The highest BCUT2D eigenvalue weighted by atomic mass is 19.2. The van der Waals surface area contributed by atoms with Crippen molar-refractivity contribution < 1.29 is 23.1 Å². The fraction of sp³-hybridized carbons (Fsp3) is 0.182. The smallest absolute Gasteiger partial charge is 0.331 e. The maximum atomic E-state index is 13.2. The topological polar surface area (TPSA) is 43.4 Å². The van der Waals surface area contributed by atoms with Crippen LogP contribution in [0.15, 0.2) is 54.6 Å². The molecule has 0 aromatic heterocycles. The van der Waals surface area contributed by atoms with Crippen LogP contribution in [0.5, 0.6) is 0 Å². The summed E-state index contributed by atoms with van der Waals surface area (Å²) >= 11 is 0. The van der Waals surface area contributed by atoms with Gasteiger partial charge in [-0.3, -0.25) is 4.79 Å². The first-order chi connectivity index (χ1) is 12.6. The zero-order valence-corrected chi connectivity index (χ0v) is 15.3. The normalized spacial score (nSPS) is 11.9. The number of rotatable bonds is 5. The van der Waals surface area contributed by atoms with Crippen molar-refractivity contribution in [1.29, 1.82) is 0 Å². The van der Waals surface area contributed by atoms with Crippen molar-refractivity contribution in [3.63, 3.8) is 0 Å². The van der Waals surface area contributed by atoms with E-state index in [1.165, 1.54) is 18.2 Å². The van der Waals surface area contributed by atoms with Crippen molar-refractivity contribution in [2.24, 2.45) is 0 Å². The molecule has 0 spiro atoms. The second kappa shape index (κ2) is 8.54. The van der Waals surface area contributed by atoms with E-state index >= 15 is 0 Å². The first-order valence-corrected chi connectivity index (χ1v) is 8.33. The summed E-state index contributed by atoms with van der Waals surface area (Å²) in [5.74, 6) is -2.91. The van der Waals surface area contributed by atoms with Crippen molar-refractivity contribution in [1.82, 2.24) is 0 Å². The Hall–Kier alpha value is -3.08. The molecule has 0 fully saturated rings. The first-order valence-electron chi connectivity index (χ1n) is 8.33. The van der Waals surface area contributed by atoms with Gasteiger partial charge >= 0.3 is 5.97 Å². The maximum absolute atomic E-state index is 13.2. The molecule has 5 heteroatoms. The molecule has 0 heterocycles. The van der Waals surface area contributed by atoms with Gasteiger partial charge < -0.3 is 4.74 Å². The summed E-state index contributed by atoms with van der Waals surface area (Å²) in [5.41, 5.74) is 1.07. The first kappa shape index (κ1) is 20.2. The molecule has 0 aliphatic rings. The molecule has 2 rings (SSSR count). The highest BCUT2D eigenvalue weighted by Gasteiger charge is 2.13. The number of hydrogen-bond acceptors (Lipinski definition) is 3. The molecule has 0 aliphatic heterocycles. The van der Waals surface area contributed by atoms with Crippen molar-refractivity contribution >= 4 is 23.9 Å². The van der Waals surface area contributed by atoms with Gasteiger partial charge in [-0.1, -0.05) is 30.3 Å². The Balaban J connectivity index is 2.00. The number of carbonyl (C=O) groups excluding carboxylic acids is 2. The molecule has 2 aromatic carbocycles. The van der Waals surface area contributed by atoms with Gasteiger partial charge in [0.2, 0.25) is 0 Å². The number of allylic oxidation sites excluding steroid dienone is 1. The fourth-order valence-corrected chi connectivity index (χ4v) is 2.14. The molecule has 140 valence electrons. The van der Waals surface area contributed by atoms with Crippen LogP contribution in [0, 0.1) is 11.6 Å². The number of esters is 1. The lowest BCUT2D eigenvalue weighted by Crippen LogP contribution is -2.22. The Kier molecular flexibility index (Phi) is 6.40. The third-order valence-corrected chi connectivity index (χ3v) is 3.39. The minimum atomic E-state index is -1.06. The van der Waals surface area contributed by atoms with Crippen molar-refractivity contribution in [2.45, 2.75) is 26.4 Å². The van der Waals surface area contributed by atoms with Crippen molar-refractivity contribution in [3.05, 3.63) is 82.9 Å². The Morgan fingerprint density at radius 2 is 1.41 bits per heavy atom. The summed E-state index contributed by atoms with van der Waals surface area (Å²) in [6, 6.07) is 10.1. The van der Waals surface area contributed by atoms with Gasteiger partial charge in [0.1, 0.15) is 5.60 Å². The van der Waals surface area contributed by atoms with Crippen LogP contribution in [0.3, 0.4) is 0 Å². The molecular formula is C22H20F2O3. The lowest BCUT2D eigenvalue weighted by molar-refractivity contribution is -0.148. The van der Waals surface area contributed by atoms with E-state index in [1.807, 2.05) is 0 Å². The van der Waals surface area contributed by atoms with Gasteiger partial charge in [0.25, 0.3) is 0 Å². The van der Waals surface area contributed by atoms with Crippen LogP contribution >= 0.6 is 0 Å². The molecule has 3 nitrogen and oxygen atoms in total. The van der Waals surface area contributed by atoms with E-state index in [0.29, 0.717) is 0 Å². The van der Waals surface area contributed by atoms with E-state index in [1.54, 1.807) is 57.2 Å². The van der Waals surface area contributed by atoms with E-state index in [0.717, 1.165) is 23.3 Å².